The smallest absolute Gasteiger partial charge is 0.330 e. The molecule has 0 saturated heterocycles. The average Bonchev–Trinajstić information content (AvgIpc) is 2.31. The molecular formula is C12H19N3O. The Hall–Kier alpha value is -1.16. The van der Waals surface area contributed by atoms with Gasteiger partial charge in [-0.3, -0.25) is 4.57 Å². The number of hydrogen-bond donors (Lipinski definition) is 1. The van der Waals surface area contributed by atoms with Crippen molar-refractivity contribution < 1.29 is 0 Å². The van der Waals surface area contributed by atoms with Gasteiger partial charge >= 0.3 is 5.69 Å². The number of rotatable bonds is 3. The fourth-order valence-electron chi connectivity index (χ4n) is 2.53. The quantitative estimate of drug-likeness (QED) is 0.835. The summed E-state index contributed by atoms with van der Waals surface area (Å²) in [6, 6.07) is 2.26. The second-order valence-corrected chi connectivity index (χ2v) is 4.42. The SMILES string of the molecule is NCCc1ccnc(=O)n1C1CCCCC1. The lowest BCUT2D eigenvalue weighted by molar-refractivity contribution is 0.335. The molecule has 4 heteroatoms. The average molecular weight is 221 g/mol. The van der Waals surface area contributed by atoms with Crippen LogP contribution in [0.5, 0.6) is 0 Å². The molecule has 0 unspecified atom stereocenters. The van der Waals surface area contributed by atoms with Gasteiger partial charge < -0.3 is 5.73 Å². The summed E-state index contributed by atoms with van der Waals surface area (Å²) >= 11 is 0. The molecule has 0 atom stereocenters. The molecule has 16 heavy (non-hydrogen) atoms. The van der Waals surface area contributed by atoms with Crippen LogP contribution in [0.1, 0.15) is 43.8 Å². The van der Waals surface area contributed by atoms with Gasteiger partial charge in [0.1, 0.15) is 0 Å². The standard InChI is InChI=1S/C12H19N3O/c13-8-6-11-7-9-14-12(16)15(11)10-4-2-1-3-5-10/h7,9-10H,1-6,8,13H2. The van der Waals surface area contributed by atoms with E-state index >= 15 is 0 Å². The lowest BCUT2D eigenvalue weighted by Gasteiger charge is -2.25. The largest absolute Gasteiger partial charge is 0.347 e. The van der Waals surface area contributed by atoms with Crippen LogP contribution in [0, 0.1) is 0 Å². The van der Waals surface area contributed by atoms with E-state index in [1.165, 1.54) is 19.3 Å². The highest BCUT2D eigenvalue weighted by Gasteiger charge is 2.18. The molecule has 2 rings (SSSR count). The zero-order chi connectivity index (χ0) is 11.4. The van der Waals surface area contributed by atoms with E-state index in [0.717, 1.165) is 25.0 Å². The van der Waals surface area contributed by atoms with Gasteiger partial charge in [0.2, 0.25) is 0 Å². The summed E-state index contributed by atoms with van der Waals surface area (Å²) in [6.07, 6.45) is 8.27. The minimum Gasteiger partial charge on any atom is -0.330 e. The van der Waals surface area contributed by atoms with E-state index < -0.39 is 0 Å². The fourth-order valence-corrected chi connectivity index (χ4v) is 2.53. The van der Waals surface area contributed by atoms with Gasteiger partial charge in [0.15, 0.2) is 0 Å². The Morgan fingerprint density at radius 2 is 2.12 bits per heavy atom. The Morgan fingerprint density at radius 1 is 1.38 bits per heavy atom. The molecule has 0 spiro atoms. The highest BCUT2D eigenvalue weighted by molar-refractivity contribution is 5.03. The van der Waals surface area contributed by atoms with Crippen LogP contribution in [0.25, 0.3) is 0 Å². The first-order chi connectivity index (χ1) is 7.83. The summed E-state index contributed by atoms with van der Waals surface area (Å²) in [7, 11) is 0. The first-order valence-corrected chi connectivity index (χ1v) is 6.09. The Labute approximate surface area is 95.5 Å². The van der Waals surface area contributed by atoms with Gasteiger partial charge in [-0.25, -0.2) is 9.78 Å². The molecule has 88 valence electrons. The van der Waals surface area contributed by atoms with Crippen LogP contribution in [-0.4, -0.2) is 16.1 Å². The molecule has 1 aliphatic carbocycles. The van der Waals surface area contributed by atoms with Crippen molar-refractivity contribution in [3.05, 3.63) is 28.4 Å². The number of aromatic nitrogens is 2. The molecule has 0 aromatic carbocycles. The highest BCUT2D eigenvalue weighted by Crippen LogP contribution is 2.27. The minimum atomic E-state index is -0.113. The Morgan fingerprint density at radius 3 is 2.81 bits per heavy atom. The van der Waals surface area contributed by atoms with Gasteiger partial charge in [-0.05, 0) is 25.5 Å². The van der Waals surface area contributed by atoms with Gasteiger partial charge in [-0.2, -0.15) is 0 Å². The van der Waals surface area contributed by atoms with Crippen molar-refractivity contribution in [3.63, 3.8) is 0 Å². The van der Waals surface area contributed by atoms with E-state index in [9.17, 15) is 4.79 Å². The van der Waals surface area contributed by atoms with Crippen molar-refractivity contribution in [2.24, 2.45) is 5.73 Å². The van der Waals surface area contributed by atoms with E-state index in [1.807, 2.05) is 10.6 Å². The predicted octanol–water partition coefficient (Wildman–Crippen LogP) is 1.25. The van der Waals surface area contributed by atoms with Gasteiger partial charge in [-0.15, -0.1) is 0 Å². The molecule has 0 amide bonds. The van der Waals surface area contributed by atoms with Gasteiger partial charge in [-0.1, -0.05) is 19.3 Å². The fraction of sp³-hybridized carbons (Fsp3) is 0.667. The molecule has 0 aliphatic heterocycles. The van der Waals surface area contributed by atoms with Crippen LogP contribution in [0.3, 0.4) is 0 Å². The first-order valence-electron chi connectivity index (χ1n) is 6.09. The van der Waals surface area contributed by atoms with Crippen molar-refractivity contribution in [1.82, 2.24) is 9.55 Å². The van der Waals surface area contributed by atoms with Crippen molar-refractivity contribution in [3.8, 4) is 0 Å². The lowest BCUT2D eigenvalue weighted by atomic mass is 9.95. The van der Waals surface area contributed by atoms with Crippen molar-refractivity contribution in [2.45, 2.75) is 44.6 Å². The third-order valence-electron chi connectivity index (χ3n) is 3.31. The molecule has 1 heterocycles. The summed E-state index contributed by atoms with van der Waals surface area (Å²) in [5.74, 6) is 0. The monoisotopic (exact) mass is 221 g/mol. The second kappa shape index (κ2) is 5.25. The Balaban J connectivity index is 2.32. The van der Waals surface area contributed by atoms with Crippen molar-refractivity contribution in [2.75, 3.05) is 6.54 Å². The maximum atomic E-state index is 11.8. The van der Waals surface area contributed by atoms with Crippen LogP contribution in [0.4, 0.5) is 0 Å². The molecule has 1 aromatic rings. The van der Waals surface area contributed by atoms with E-state index in [2.05, 4.69) is 4.98 Å². The van der Waals surface area contributed by atoms with Gasteiger partial charge in [0.25, 0.3) is 0 Å². The molecule has 1 saturated carbocycles. The zero-order valence-corrected chi connectivity index (χ0v) is 9.56. The van der Waals surface area contributed by atoms with Crippen LogP contribution < -0.4 is 11.4 Å². The molecule has 2 N–H and O–H groups in total. The Bertz CT molecular complexity index is 393. The summed E-state index contributed by atoms with van der Waals surface area (Å²) in [6.45, 7) is 0.580. The normalized spacial score (nSPS) is 17.6. The first kappa shape index (κ1) is 11.3. The topological polar surface area (TPSA) is 60.9 Å². The predicted molar refractivity (Wildman–Crippen MR) is 63.4 cm³/mol. The van der Waals surface area contributed by atoms with E-state index in [0.29, 0.717) is 12.6 Å². The molecular weight excluding hydrogens is 202 g/mol. The van der Waals surface area contributed by atoms with Crippen LogP contribution in [-0.2, 0) is 6.42 Å². The summed E-state index contributed by atoms with van der Waals surface area (Å²) in [5.41, 5.74) is 6.50. The number of nitrogens with two attached hydrogens (primary N) is 1. The second-order valence-electron chi connectivity index (χ2n) is 4.42. The molecule has 4 nitrogen and oxygen atoms in total. The van der Waals surface area contributed by atoms with Crippen LogP contribution in [0.2, 0.25) is 0 Å². The van der Waals surface area contributed by atoms with Crippen molar-refractivity contribution >= 4 is 0 Å². The van der Waals surface area contributed by atoms with Crippen LogP contribution >= 0.6 is 0 Å². The third kappa shape index (κ3) is 2.32. The highest BCUT2D eigenvalue weighted by atomic mass is 16.1. The van der Waals surface area contributed by atoms with E-state index in [-0.39, 0.29) is 5.69 Å². The summed E-state index contributed by atoms with van der Waals surface area (Å²) in [4.78, 5) is 15.7. The third-order valence-corrected chi connectivity index (χ3v) is 3.31. The maximum absolute atomic E-state index is 11.8. The van der Waals surface area contributed by atoms with Crippen LogP contribution in [0.15, 0.2) is 17.1 Å². The minimum absolute atomic E-state index is 0.113. The van der Waals surface area contributed by atoms with E-state index in [1.54, 1.807) is 6.20 Å². The van der Waals surface area contributed by atoms with E-state index in [4.69, 9.17) is 5.73 Å². The summed E-state index contributed by atoms with van der Waals surface area (Å²) < 4.78 is 1.87. The molecule has 0 radical (unpaired) electrons. The Kier molecular flexibility index (Phi) is 3.72. The van der Waals surface area contributed by atoms with Crippen molar-refractivity contribution in [1.29, 1.82) is 0 Å². The van der Waals surface area contributed by atoms with Gasteiger partial charge in [0, 0.05) is 24.4 Å². The lowest BCUT2D eigenvalue weighted by Crippen LogP contribution is -2.31. The number of nitrogens with zero attached hydrogens (tertiary/aromatic N) is 2. The number of hydrogen-bond acceptors (Lipinski definition) is 3. The molecule has 1 aliphatic rings. The zero-order valence-electron chi connectivity index (χ0n) is 9.56. The molecule has 1 aromatic heterocycles. The molecule has 0 bridgehead atoms. The van der Waals surface area contributed by atoms with Gasteiger partial charge in [0.05, 0.1) is 0 Å². The maximum Gasteiger partial charge on any atom is 0.347 e. The molecule has 1 fully saturated rings. The summed E-state index contributed by atoms with van der Waals surface area (Å²) in [5, 5.41) is 0.